The van der Waals surface area contributed by atoms with Gasteiger partial charge in [-0.25, -0.2) is 0 Å². The average Bonchev–Trinajstić information content (AvgIpc) is 2.93. The summed E-state index contributed by atoms with van der Waals surface area (Å²) in [7, 11) is 1.40. The highest BCUT2D eigenvalue weighted by Crippen LogP contribution is 2.23. The second kappa shape index (κ2) is 7.62. The number of esters is 1. The van der Waals surface area contributed by atoms with Gasteiger partial charge in [0.15, 0.2) is 0 Å². The zero-order chi connectivity index (χ0) is 14.4. The fourth-order valence-electron chi connectivity index (χ4n) is 3.31. The van der Waals surface area contributed by atoms with Crippen molar-refractivity contribution in [1.29, 1.82) is 0 Å². The smallest absolute Gasteiger partial charge is 0.323 e. The molecule has 2 aliphatic rings. The van der Waals surface area contributed by atoms with Crippen LogP contribution < -0.4 is 5.32 Å². The molecule has 1 atom stereocenters. The van der Waals surface area contributed by atoms with Gasteiger partial charge in [0, 0.05) is 6.54 Å². The van der Waals surface area contributed by atoms with Crippen LogP contribution in [0.3, 0.4) is 0 Å². The van der Waals surface area contributed by atoms with Crippen LogP contribution in [0.15, 0.2) is 0 Å². The number of nitrogens with zero attached hydrogens (tertiary/aromatic N) is 1. The molecule has 2 fully saturated rings. The molecular weight excluding hydrogens is 256 g/mol. The third-order valence-electron chi connectivity index (χ3n) is 4.50. The van der Waals surface area contributed by atoms with E-state index in [4.69, 9.17) is 4.74 Å². The van der Waals surface area contributed by atoms with Gasteiger partial charge >= 0.3 is 5.97 Å². The molecule has 1 N–H and O–H groups in total. The molecule has 0 aromatic rings. The minimum Gasteiger partial charge on any atom is -0.468 e. The van der Waals surface area contributed by atoms with Crippen LogP contribution >= 0.6 is 0 Å². The minimum absolute atomic E-state index is 0.0337. The summed E-state index contributed by atoms with van der Waals surface area (Å²) >= 11 is 0. The summed E-state index contributed by atoms with van der Waals surface area (Å²) in [6.07, 6.45) is 8.12. The van der Waals surface area contributed by atoms with E-state index in [1.165, 1.54) is 39.2 Å². The van der Waals surface area contributed by atoms with Gasteiger partial charge in [-0.1, -0.05) is 19.3 Å². The van der Waals surface area contributed by atoms with Crippen molar-refractivity contribution in [2.45, 2.75) is 51.0 Å². The molecule has 1 amide bonds. The highest BCUT2D eigenvalue weighted by molar-refractivity contribution is 5.80. The molecule has 1 heterocycles. The van der Waals surface area contributed by atoms with Crippen LogP contribution in [0, 0.1) is 5.92 Å². The maximum Gasteiger partial charge on any atom is 0.323 e. The van der Waals surface area contributed by atoms with Crippen LogP contribution in [0.4, 0.5) is 0 Å². The molecule has 2 rings (SSSR count). The Morgan fingerprint density at radius 3 is 2.60 bits per heavy atom. The lowest BCUT2D eigenvalue weighted by atomic mass is 9.89. The van der Waals surface area contributed by atoms with Crippen molar-refractivity contribution in [2.24, 2.45) is 5.92 Å². The Bertz CT molecular complexity index is 340. The van der Waals surface area contributed by atoms with Gasteiger partial charge in [-0.2, -0.15) is 0 Å². The minimum atomic E-state index is -0.236. The van der Waals surface area contributed by atoms with E-state index in [1.807, 2.05) is 4.90 Å². The second-order valence-corrected chi connectivity index (χ2v) is 5.96. The van der Waals surface area contributed by atoms with Crippen molar-refractivity contribution in [3.8, 4) is 0 Å². The molecule has 1 unspecified atom stereocenters. The first-order valence-corrected chi connectivity index (χ1v) is 7.79. The Hall–Kier alpha value is -1.10. The van der Waals surface area contributed by atoms with Gasteiger partial charge in [0.05, 0.1) is 13.7 Å². The molecule has 1 saturated heterocycles. The maximum absolute atomic E-state index is 12.0. The lowest BCUT2D eigenvalue weighted by Crippen LogP contribution is -2.44. The van der Waals surface area contributed by atoms with Crippen molar-refractivity contribution in [3.05, 3.63) is 0 Å². The predicted molar refractivity (Wildman–Crippen MR) is 76.2 cm³/mol. The van der Waals surface area contributed by atoms with Crippen molar-refractivity contribution in [3.63, 3.8) is 0 Å². The number of hydrogen-bond donors (Lipinski definition) is 1. The SMILES string of the molecule is COC(=O)C1CCCN1CC(=O)NCC1CCCCC1. The topological polar surface area (TPSA) is 58.6 Å². The Morgan fingerprint density at radius 1 is 1.15 bits per heavy atom. The molecule has 0 bridgehead atoms. The van der Waals surface area contributed by atoms with E-state index in [9.17, 15) is 9.59 Å². The average molecular weight is 282 g/mol. The number of hydrogen-bond acceptors (Lipinski definition) is 4. The lowest BCUT2D eigenvalue weighted by Gasteiger charge is -2.24. The number of likely N-dealkylation sites (tertiary alicyclic amines) is 1. The second-order valence-electron chi connectivity index (χ2n) is 5.96. The molecule has 114 valence electrons. The quantitative estimate of drug-likeness (QED) is 0.773. The lowest BCUT2D eigenvalue weighted by molar-refractivity contribution is -0.146. The summed E-state index contributed by atoms with van der Waals surface area (Å²) in [6, 6.07) is -0.236. The molecule has 1 saturated carbocycles. The molecule has 0 radical (unpaired) electrons. The Kier molecular flexibility index (Phi) is 5.83. The monoisotopic (exact) mass is 282 g/mol. The molecule has 1 aliphatic carbocycles. The van der Waals surface area contributed by atoms with Crippen LogP contribution in [0.25, 0.3) is 0 Å². The summed E-state index contributed by atoms with van der Waals surface area (Å²) < 4.78 is 4.79. The van der Waals surface area contributed by atoms with E-state index < -0.39 is 0 Å². The van der Waals surface area contributed by atoms with Gasteiger partial charge in [-0.05, 0) is 38.1 Å². The van der Waals surface area contributed by atoms with Crippen molar-refractivity contribution < 1.29 is 14.3 Å². The maximum atomic E-state index is 12.0. The van der Waals surface area contributed by atoms with E-state index >= 15 is 0 Å². The molecule has 0 spiro atoms. The zero-order valence-electron chi connectivity index (χ0n) is 12.4. The Balaban J connectivity index is 1.71. The van der Waals surface area contributed by atoms with Crippen LogP contribution in [0.1, 0.15) is 44.9 Å². The number of carbonyl (C=O) groups excluding carboxylic acids is 2. The molecule has 20 heavy (non-hydrogen) atoms. The van der Waals surface area contributed by atoms with Crippen LogP contribution in [0.2, 0.25) is 0 Å². The van der Waals surface area contributed by atoms with E-state index in [1.54, 1.807) is 0 Å². The molecule has 5 nitrogen and oxygen atoms in total. The molecule has 0 aromatic carbocycles. The molecular formula is C15H26N2O3. The van der Waals surface area contributed by atoms with Crippen LogP contribution in [-0.2, 0) is 14.3 Å². The van der Waals surface area contributed by atoms with E-state index in [2.05, 4.69) is 5.32 Å². The fourth-order valence-corrected chi connectivity index (χ4v) is 3.31. The van der Waals surface area contributed by atoms with Crippen LogP contribution in [0.5, 0.6) is 0 Å². The van der Waals surface area contributed by atoms with Gasteiger partial charge in [0.2, 0.25) is 5.91 Å². The summed E-state index contributed by atoms with van der Waals surface area (Å²) in [5.41, 5.74) is 0. The Labute approximate surface area is 121 Å². The molecule has 1 aliphatic heterocycles. The first-order valence-electron chi connectivity index (χ1n) is 7.79. The highest BCUT2D eigenvalue weighted by Gasteiger charge is 2.32. The standard InChI is InChI=1S/C15H26N2O3/c1-20-15(19)13-8-5-9-17(13)11-14(18)16-10-12-6-3-2-4-7-12/h12-13H,2-11H2,1H3,(H,16,18). The van der Waals surface area contributed by atoms with E-state index in [-0.39, 0.29) is 17.9 Å². The number of amides is 1. The van der Waals surface area contributed by atoms with E-state index in [0.29, 0.717) is 12.5 Å². The third kappa shape index (κ3) is 4.20. The summed E-state index contributed by atoms with van der Waals surface area (Å²) in [6.45, 7) is 1.90. The summed E-state index contributed by atoms with van der Waals surface area (Å²) in [5.74, 6) is 0.455. The van der Waals surface area contributed by atoms with Crippen molar-refractivity contribution in [1.82, 2.24) is 10.2 Å². The normalized spacial score (nSPS) is 24.6. The zero-order valence-corrected chi connectivity index (χ0v) is 12.4. The molecule has 0 aromatic heterocycles. The predicted octanol–water partition coefficient (Wildman–Crippen LogP) is 1.32. The van der Waals surface area contributed by atoms with Gasteiger partial charge < -0.3 is 10.1 Å². The van der Waals surface area contributed by atoms with Crippen molar-refractivity contribution >= 4 is 11.9 Å². The number of ether oxygens (including phenoxy) is 1. The highest BCUT2D eigenvalue weighted by atomic mass is 16.5. The number of nitrogens with one attached hydrogen (secondary N) is 1. The first-order chi connectivity index (χ1) is 9.70. The van der Waals surface area contributed by atoms with Gasteiger partial charge in [-0.15, -0.1) is 0 Å². The number of carbonyl (C=O) groups is 2. The third-order valence-corrected chi connectivity index (χ3v) is 4.50. The first kappa shape index (κ1) is 15.3. The molecule has 5 heteroatoms. The number of rotatable bonds is 5. The largest absolute Gasteiger partial charge is 0.468 e. The summed E-state index contributed by atoms with van der Waals surface area (Å²) in [5, 5.41) is 3.02. The van der Waals surface area contributed by atoms with Gasteiger partial charge in [0.25, 0.3) is 0 Å². The Morgan fingerprint density at radius 2 is 1.90 bits per heavy atom. The van der Waals surface area contributed by atoms with Gasteiger partial charge in [0.1, 0.15) is 6.04 Å². The van der Waals surface area contributed by atoms with Crippen LogP contribution in [-0.4, -0.2) is 49.6 Å². The summed E-state index contributed by atoms with van der Waals surface area (Å²) in [4.78, 5) is 25.5. The van der Waals surface area contributed by atoms with E-state index in [0.717, 1.165) is 25.9 Å². The fraction of sp³-hybridized carbons (Fsp3) is 0.867. The van der Waals surface area contributed by atoms with Crippen molar-refractivity contribution in [2.75, 3.05) is 26.7 Å². The van der Waals surface area contributed by atoms with Gasteiger partial charge in [-0.3, -0.25) is 14.5 Å². The number of methoxy groups -OCH3 is 1.